The molecule has 0 aliphatic carbocycles. The largest absolute Gasteiger partial charge is 0.486 e. The van der Waals surface area contributed by atoms with Crippen molar-refractivity contribution in [2.75, 3.05) is 26.4 Å². The second-order valence-corrected chi connectivity index (χ2v) is 8.52. The van der Waals surface area contributed by atoms with E-state index in [1.54, 1.807) is 0 Å². The Morgan fingerprint density at radius 2 is 0.829 bits per heavy atom. The monoisotopic (exact) mass is 466 g/mol. The van der Waals surface area contributed by atoms with Gasteiger partial charge in [0.25, 0.3) is 0 Å². The standard InChI is InChI=1S/C30H26O5/c1-3-7-21(8-4-1)29(23-11-13-25-27(19-23)33-17-15-31-25)35-30(22-9-5-2-6-10-22)24-12-14-26-28(20-24)34-18-16-32-26/h1-14,19-20,29-30H,15-18H2. The Bertz CT molecular complexity index is 1190. The molecule has 0 spiro atoms. The molecule has 0 saturated heterocycles. The van der Waals surface area contributed by atoms with Gasteiger partial charge in [-0.2, -0.15) is 0 Å². The van der Waals surface area contributed by atoms with E-state index in [2.05, 4.69) is 36.4 Å². The van der Waals surface area contributed by atoms with Crippen molar-refractivity contribution < 1.29 is 23.7 Å². The Balaban J connectivity index is 1.43. The van der Waals surface area contributed by atoms with Gasteiger partial charge in [0.15, 0.2) is 23.0 Å². The van der Waals surface area contributed by atoms with Gasteiger partial charge in [-0.25, -0.2) is 0 Å². The summed E-state index contributed by atoms with van der Waals surface area (Å²) in [4.78, 5) is 0. The van der Waals surface area contributed by atoms with Crippen LogP contribution >= 0.6 is 0 Å². The summed E-state index contributed by atoms with van der Waals surface area (Å²) < 4.78 is 30.2. The SMILES string of the molecule is c1ccc(C(OC(c2ccccc2)c2ccc3c(c2)OCCO3)c2ccc3c(c2)OCCO3)cc1. The Hall–Kier alpha value is -3.96. The molecule has 2 aliphatic rings. The van der Waals surface area contributed by atoms with Gasteiger partial charge in [0.05, 0.1) is 0 Å². The molecule has 6 rings (SSSR count). The lowest BCUT2D eigenvalue weighted by Crippen LogP contribution is -2.18. The van der Waals surface area contributed by atoms with Crippen molar-refractivity contribution in [3.63, 3.8) is 0 Å². The van der Waals surface area contributed by atoms with Gasteiger partial charge >= 0.3 is 0 Å². The molecule has 5 nitrogen and oxygen atoms in total. The van der Waals surface area contributed by atoms with E-state index in [1.807, 2.05) is 60.7 Å². The highest BCUT2D eigenvalue weighted by atomic mass is 16.6. The Morgan fingerprint density at radius 1 is 0.429 bits per heavy atom. The van der Waals surface area contributed by atoms with Crippen molar-refractivity contribution in [2.45, 2.75) is 12.2 Å². The molecule has 2 heterocycles. The number of hydrogen-bond acceptors (Lipinski definition) is 5. The molecular weight excluding hydrogens is 440 g/mol. The van der Waals surface area contributed by atoms with Crippen LogP contribution in [0.1, 0.15) is 34.5 Å². The van der Waals surface area contributed by atoms with E-state index in [4.69, 9.17) is 23.7 Å². The van der Waals surface area contributed by atoms with E-state index < -0.39 is 0 Å². The topological polar surface area (TPSA) is 46.2 Å². The van der Waals surface area contributed by atoms with Crippen molar-refractivity contribution in [3.05, 3.63) is 119 Å². The fraction of sp³-hybridized carbons (Fsp3) is 0.200. The van der Waals surface area contributed by atoms with Crippen LogP contribution in [0.15, 0.2) is 97.1 Å². The minimum Gasteiger partial charge on any atom is -0.486 e. The van der Waals surface area contributed by atoms with E-state index in [1.165, 1.54) is 0 Å². The molecule has 0 bridgehead atoms. The summed E-state index contributed by atoms with van der Waals surface area (Å²) in [6, 6.07) is 32.6. The predicted molar refractivity (Wildman–Crippen MR) is 133 cm³/mol. The van der Waals surface area contributed by atoms with Crippen molar-refractivity contribution in [1.29, 1.82) is 0 Å². The predicted octanol–water partition coefficient (Wildman–Crippen LogP) is 6.12. The normalized spacial score (nSPS) is 15.8. The van der Waals surface area contributed by atoms with E-state index in [-0.39, 0.29) is 12.2 Å². The molecule has 4 aromatic carbocycles. The van der Waals surface area contributed by atoms with Crippen LogP contribution in [-0.2, 0) is 4.74 Å². The van der Waals surface area contributed by atoms with Crippen molar-refractivity contribution in [1.82, 2.24) is 0 Å². The molecule has 2 atom stereocenters. The van der Waals surface area contributed by atoms with Crippen LogP contribution in [0.4, 0.5) is 0 Å². The Kier molecular flexibility index (Phi) is 5.99. The molecule has 5 heteroatoms. The molecule has 0 saturated carbocycles. The zero-order valence-corrected chi connectivity index (χ0v) is 19.3. The summed E-state index contributed by atoms with van der Waals surface area (Å²) in [6.45, 7) is 2.20. The highest BCUT2D eigenvalue weighted by molar-refractivity contribution is 5.48. The number of rotatable bonds is 6. The average molecular weight is 467 g/mol. The maximum Gasteiger partial charge on any atom is 0.161 e. The molecule has 0 radical (unpaired) electrons. The maximum absolute atomic E-state index is 6.98. The number of benzene rings is 4. The van der Waals surface area contributed by atoms with E-state index in [0.717, 1.165) is 45.3 Å². The third-order valence-corrected chi connectivity index (χ3v) is 6.21. The molecule has 0 N–H and O–H groups in total. The van der Waals surface area contributed by atoms with E-state index in [0.29, 0.717) is 26.4 Å². The smallest absolute Gasteiger partial charge is 0.161 e. The fourth-order valence-corrected chi connectivity index (χ4v) is 4.54. The number of fused-ring (bicyclic) bond motifs is 2. The van der Waals surface area contributed by atoms with Gasteiger partial charge in [-0.05, 0) is 46.5 Å². The van der Waals surface area contributed by atoms with Crippen LogP contribution < -0.4 is 18.9 Å². The lowest BCUT2D eigenvalue weighted by molar-refractivity contribution is 0.0302. The van der Waals surface area contributed by atoms with E-state index >= 15 is 0 Å². The summed E-state index contributed by atoms with van der Waals surface area (Å²) >= 11 is 0. The van der Waals surface area contributed by atoms with Crippen LogP contribution in [0, 0.1) is 0 Å². The third kappa shape index (κ3) is 4.55. The summed E-state index contributed by atoms with van der Waals surface area (Å²) in [5, 5.41) is 0. The quantitative estimate of drug-likeness (QED) is 0.342. The molecule has 0 aromatic heterocycles. The van der Waals surface area contributed by atoms with Gasteiger partial charge in [-0.1, -0.05) is 72.8 Å². The Morgan fingerprint density at radius 3 is 1.26 bits per heavy atom. The molecule has 176 valence electrons. The molecular formula is C30H26O5. The van der Waals surface area contributed by atoms with Gasteiger partial charge in [-0.15, -0.1) is 0 Å². The summed E-state index contributed by atoms with van der Waals surface area (Å²) in [5.41, 5.74) is 4.11. The van der Waals surface area contributed by atoms with Crippen LogP contribution in [0.3, 0.4) is 0 Å². The minimum atomic E-state index is -0.328. The zero-order chi connectivity index (χ0) is 23.5. The highest BCUT2D eigenvalue weighted by Gasteiger charge is 2.26. The van der Waals surface area contributed by atoms with Crippen LogP contribution in [-0.4, -0.2) is 26.4 Å². The number of ether oxygens (including phenoxy) is 5. The van der Waals surface area contributed by atoms with Crippen molar-refractivity contribution in [3.8, 4) is 23.0 Å². The summed E-state index contributed by atoms with van der Waals surface area (Å²) in [6.07, 6.45) is -0.657. The summed E-state index contributed by atoms with van der Waals surface area (Å²) in [7, 11) is 0. The molecule has 4 aromatic rings. The number of hydrogen-bond donors (Lipinski definition) is 0. The average Bonchev–Trinajstić information content (AvgIpc) is 2.94. The molecule has 2 unspecified atom stereocenters. The fourth-order valence-electron chi connectivity index (χ4n) is 4.54. The van der Waals surface area contributed by atoms with Gasteiger partial charge in [0.2, 0.25) is 0 Å². The van der Waals surface area contributed by atoms with E-state index in [9.17, 15) is 0 Å². The molecule has 2 aliphatic heterocycles. The highest BCUT2D eigenvalue weighted by Crippen LogP contribution is 2.41. The zero-order valence-electron chi connectivity index (χ0n) is 19.3. The lowest BCUT2D eigenvalue weighted by Gasteiger charge is -2.28. The van der Waals surface area contributed by atoms with Crippen LogP contribution in [0.25, 0.3) is 0 Å². The Labute approximate surface area is 204 Å². The molecule has 0 fully saturated rings. The van der Waals surface area contributed by atoms with Gasteiger partial charge in [-0.3, -0.25) is 0 Å². The van der Waals surface area contributed by atoms with Crippen molar-refractivity contribution in [2.24, 2.45) is 0 Å². The minimum absolute atomic E-state index is 0.328. The first-order valence-electron chi connectivity index (χ1n) is 11.9. The summed E-state index contributed by atoms with van der Waals surface area (Å²) in [5.74, 6) is 3.01. The van der Waals surface area contributed by atoms with Gasteiger partial charge in [0.1, 0.15) is 38.6 Å². The van der Waals surface area contributed by atoms with Crippen LogP contribution in [0.2, 0.25) is 0 Å². The maximum atomic E-state index is 6.98. The van der Waals surface area contributed by atoms with Gasteiger partial charge in [0, 0.05) is 0 Å². The van der Waals surface area contributed by atoms with Gasteiger partial charge < -0.3 is 23.7 Å². The van der Waals surface area contributed by atoms with Crippen molar-refractivity contribution >= 4 is 0 Å². The lowest BCUT2D eigenvalue weighted by atomic mass is 9.97. The van der Waals surface area contributed by atoms with Crippen LogP contribution in [0.5, 0.6) is 23.0 Å². The third-order valence-electron chi connectivity index (χ3n) is 6.21. The molecule has 35 heavy (non-hydrogen) atoms. The second kappa shape index (κ2) is 9.72. The first-order valence-corrected chi connectivity index (χ1v) is 11.9. The first kappa shape index (κ1) is 21.6. The second-order valence-electron chi connectivity index (χ2n) is 8.52. The molecule has 0 amide bonds. The first-order chi connectivity index (χ1) is 17.3.